The van der Waals surface area contributed by atoms with E-state index in [1.165, 1.54) is 6.92 Å². The van der Waals surface area contributed by atoms with Gasteiger partial charge in [-0.05, 0) is 20.8 Å². The third kappa shape index (κ3) is 26.4. The van der Waals surface area contributed by atoms with Crippen LogP contribution in [-0.2, 0) is 19.1 Å². The highest BCUT2D eigenvalue weighted by Gasteiger charge is 2.11. The zero-order valence-electron chi connectivity index (χ0n) is 12.5. The van der Waals surface area contributed by atoms with Gasteiger partial charge in [0.25, 0.3) is 0 Å². The molecule has 0 aromatic heterocycles. The van der Waals surface area contributed by atoms with E-state index in [1.54, 1.807) is 13.8 Å². The largest absolute Gasteiger partial charge is 0.460 e. The molecule has 0 saturated heterocycles. The van der Waals surface area contributed by atoms with Crippen molar-refractivity contribution < 1.29 is 29.0 Å². The molecule has 19 heavy (non-hydrogen) atoms. The normalized spacial score (nSPS) is 10.9. The summed E-state index contributed by atoms with van der Waals surface area (Å²) in [6.07, 6.45) is 1.76. The smallest absolute Gasteiger partial charge is 0.303 e. The van der Waals surface area contributed by atoms with Gasteiger partial charge in [-0.15, -0.1) is 0 Å². The highest BCUT2D eigenvalue weighted by molar-refractivity contribution is 5.80. The number of aldehydes is 1. The van der Waals surface area contributed by atoms with E-state index in [4.69, 9.17) is 14.6 Å². The van der Waals surface area contributed by atoms with E-state index in [9.17, 15) is 14.4 Å². The molecule has 0 aliphatic carbocycles. The molecule has 6 heteroatoms. The lowest BCUT2D eigenvalue weighted by Gasteiger charge is -2.17. The molecule has 0 amide bonds. The Labute approximate surface area is 114 Å². The van der Waals surface area contributed by atoms with Gasteiger partial charge in [-0.1, -0.05) is 18.4 Å². The van der Waals surface area contributed by atoms with Gasteiger partial charge in [0.2, 0.25) is 0 Å². The second kappa shape index (κ2) is 13.1. The molecule has 0 aromatic carbocycles. The van der Waals surface area contributed by atoms with E-state index in [1.807, 2.05) is 20.8 Å². The Bertz CT molecular complexity index is 258. The molecule has 5 nitrogen and oxygen atoms in total. The van der Waals surface area contributed by atoms with Crippen LogP contribution in [0.3, 0.4) is 0 Å². The fraction of sp³-hybridized carbons (Fsp3) is 0.769. The van der Waals surface area contributed by atoms with Gasteiger partial charge >= 0.3 is 5.97 Å². The number of hydrogen-bond donors (Lipinski definition) is 1. The highest BCUT2D eigenvalue weighted by Crippen LogP contribution is 2.05. The van der Waals surface area contributed by atoms with E-state index >= 15 is 0 Å². The lowest BCUT2D eigenvalue weighted by Crippen LogP contribution is -2.21. The predicted octanol–water partition coefficient (Wildman–Crippen LogP) is 2.40. The van der Waals surface area contributed by atoms with Gasteiger partial charge in [0, 0.05) is 25.7 Å². The van der Waals surface area contributed by atoms with Gasteiger partial charge in [-0.3, -0.25) is 9.59 Å². The Morgan fingerprint density at radius 3 is 1.89 bits per heavy atom. The quantitative estimate of drug-likeness (QED) is 0.631. The van der Waals surface area contributed by atoms with Crippen molar-refractivity contribution in [2.24, 2.45) is 5.92 Å². The minimum Gasteiger partial charge on any atom is -0.460 e. The summed E-state index contributed by atoms with van der Waals surface area (Å²) < 4.78 is 13.3. The zero-order chi connectivity index (χ0) is 16.1. The van der Waals surface area contributed by atoms with Crippen molar-refractivity contribution in [1.82, 2.24) is 0 Å². The van der Waals surface area contributed by atoms with E-state index in [-0.39, 0.29) is 23.3 Å². The molecule has 1 atom stereocenters. The van der Waals surface area contributed by atoms with Crippen molar-refractivity contribution in [3.8, 4) is 0 Å². The molecule has 0 aliphatic rings. The fourth-order valence-electron chi connectivity index (χ4n) is 0.983. The molecular formula is C13H25FO5. The topological polar surface area (TPSA) is 80.7 Å². The van der Waals surface area contributed by atoms with Crippen molar-refractivity contribution in [3.05, 3.63) is 0 Å². The Morgan fingerprint density at radius 2 is 1.74 bits per heavy atom. The van der Waals surface area contributed by atoms with Gasteiger partial charge in [0.15, 0.2) is 0 Å². The number of hydrogen-bond acceptors (Lipinski definition) is 5. The van der Waals surface area contributed by atoms with Crippen LogP contribution in [0.5, 0.6) is 0 Å². The second-order valence-electron chi connectivity index (χ2n) is 4.92. The molecule has 0 heterocycles. The maximum atomic E-state index is 10.6. The SMILES string of the molecule is CC(=O)OC(C)(C)C.CCC(=O)C[C@H](C)C=O.OF. The van der Waals surface area contributed by atoms with Crippen molar-refractivity contribution in [2.45, 2.75) is 60.0 Å². The van der Waals surface area contributed by atoms with Crippen LogP contribution < -0.4 is 0 Å². The average molecular weight is 280 g/mol. The van der Waals surface area contributed by atoms with Crippen LogP contribution in [0.1, 0.15) is 54.4 Å². The molecular weight excluding hydrogens is 255 g/mol. The van der Waals surface area contributed by atoms with Crippen LogP contribution >= 0.6 is 0 Å². The Kier molecular flexibility index (Phi) is 15.8. The van der Waals surface area contributed by atoms with E-state index < -0.39 is 0 Å². The molecule has 0 aromatic rings. The molecule has 0 unspecified atom stereocenters. The van der Waals surface area contributed by atoms with Gasteiger partial charge in [-0.25, -0.2) is 5.31 Å². The van der Waals surface area contributed by atoms with Gasteiger partial charge < -0.3 is 9.53 Å². The van der Waals surface area contributed by atoms with Crippen LogP contribution in [0, 0.1) is 5.92 Å². The van der Waals surface area contributed by atoms with Gasteiger partial charge in [0.05, 0.1) is 0 Å². The number of halogens is 1. The monoisotopic (exact) mass is 280 g/mol. The van der Waals surface area contributed by atoms with Crippen molar-refractivity contribution in [3.63, 3.8) is 0 Å². The van der Waals surface area contributed by atoms with Crippen LogP contribution in [0.4, 0.5) is 4.53 Å². The molecule has 0 spiro atoms. The van der Waals surface area contributed by atoms with Gasteiger partial charge in [-0.2, -0.15) is 0 Å². The van der Waals surface area contributed by atoms with Gasteiger partial charge in [0.1, 0.15) is 17.7 Å². The van der Waals surface area contributed by atoms with Crippen LogP contribution in [0.2, 0.25) is 0 Å². The van der Waals surface area contributed by atoms with Crippen LogP contribution in [0.15, 0.2) is 0 Å². The fourth-order valence-corrected chi connectivity index (χ4v) is 0.983. The minimum absolute atomic E-state index is 0.0996. The Morgan fingerprint density at radius 1 is 1.32 bits per heavy atom. The zero-order valence-corrected chi connectivity index (χ0v) is 12.5. The summed E-state index contributed by atoms with van der Waals surface area (Å²) in [7, 11) is 0. The summed E-state index contributed by atoms with van der Waals surface area (Å²) in [5.41, 5.74) is -0.328. The standard InChI is InChI=1S/C7H12O2.C6H12O2.FHO/c1-3-7(9)4-6(2)5-8;1-5(7)8-6(2,3)4;1-2/h5-6H,3-4H2,1-2H3;1-4H3;2H/t6-;;/m0../s1. The number of rotatable bonds is 4. The molecule has 0 fully saturated rings. The summed E-state index contributed by atoms with van der Waals surface area (Å²) in [5, 5.41) is 5.50. The average Bonchev–Trinajstić information content (AvgIpc) is 2.28. The molecule has 0 rings (SSSR count). The molecule has 0 aliphatic heterocycles. The summed E-state index contributed by atoms with van der Waals surface area (Å²) >= 11 is 0. The lowest BCUT2D eigenvalue weighted by molar-refractivity contribution is -0.151. The first kappa shape index (κ1) is 22.8. The first-order valence-corrected chi connectivity index (χ1v) is 5.95. The number of carbonyl (C=O) groups is 3. The number of ketones is 1. The molecule has 114 valence electrons. The maximum Gasteiger partial charge on any atom is 0.303 e. The molecule has 0 bridgehead atoms. The summed E-state index contributed by atoms with van der Waals surface area (Å²) in [6, 6.07) is 0. The first-order chi connectivity index (χ1) is 8.62. The Hall–Kier alpha value is -1.30. The van der Waals surface area contributed by atoms with Crippen molar-refractivity contribution in [2.75, 3.05) is 0 Å². The molecule has 0 radical (unpaired) electrons. The summed E-state index contributed by atoms with van der Waals surface area (Å²) in [4.78, 5) is 30.9. The van der Waals surface area contributed by atoms with Crippen molar-refractivity contribution >= 4 is 18.0 Å². The number of carbonyl (C=O) groups excluding carboxylic acids is 3. The third-order valence-electron chi connectivity index (χ3n) is 1.63. The molecule has 1 N–H and O–H groups in total. The lowest BCUT2D eigenvalue weighted by atomic mass is 10.1. The van der Waals surface area contributed by atoms with Crippen LogP contribution in [0.25, 0.3) is 0 Å². The third-order valence-corrected chi connectivity index (χ3v) is 1.63. The number of esters is 1. The Balaban J connectivity index is -0.000000239. The van der Waals surface area contributed by atoms with E-state index in [0.29, 0.717) is 12.8 Å². The minimum atomic E-state index is -0.328. The highest BCUT2D eigenvalue weighted by atomic mass is 19.3. The number of Topliss-reactive ketones (excluding diaryl/α,β-unsaturated/α-hetero) is 1. The maximum absolute atomic E-state index is 10.6. The summed E-state index contributed by atoms with van der Waals surface area (Å²) in [6.45, 7) is 10.5. The van der Waals surface area contributed by atoms with Crippen molar-refractivity contribution in [1.29, 1.82) is 0 Å². The molecule has 0 saturated carbocycles. The summed E-state index contributed by atoms with van der Waals surface area (Å²) in [5.74, 6) is -0.162. The van der Waals surface area contributed by atoms with Crippen LogP contribution in [-0.4, -0.2) is 29.0 Å². The van der Waals surface area contributed by atoms with E-state index in [0.717, 1.165) is 6.29 Å². The second-order valence-corrected chi connectivity index (χ2v) is 4.92. The predicted molar refractivity (Wildman–Crippen MR) is 70.0 cm³/mol. The number of ether oxygens (including phenoxy) is 1. The van der Waals surface area contributed by atoms with E-state index in [2.05, 4.69) is 0 Å². The first-order valence-electron chi connectivity index (χ1n) is 5.95.